The van der Waals surface area contributed by atoms with Crippen LogP contribution in [-0.4, -0.2) is 11.4 Å². The van der Waals surface area contributed by atoms with Crippen LogP contribution in [0.1, 0.15) is 38.2 Å². The molecule has 0 spiro atoms. The lowest BCUT2D eigenvalue weighted by atomic mass is 9.74. The Kier molecular flexibility index (Phi) is 6.04. The topological polar surface area (TPSA) is 55.1 Å². The van der Waals surface area contributed by atoms with Crippen LogP contribution in [0.25, 0.3) is 0 Å². The molecule has 1 aliphatic carbocycles. The first-order chi connectivity index (χ1) is 10.1. The molecule has 3 N–H and O–H groups in total. The normalized spacial score (nSPS) is 24.7. The van der Waals surface area contributed by atoms with Gasteiger partial charge in [0.05, 0.1) is 17.2 Å². The number of anilines is 1. The molecule has 0 aliphatic heterocycles. The highest BCUT2D eigenvalue weighted by molar-refractivity contribution is 5.93. The van der Waals surface area contributed by atoms with Gasteiger partial charge in [0.25, 0.3) is 0 Å². The number of alkyl halides is 3. The first kappa shape index (κ1) is 19.7. The van der Waals surface area contributed by atoms with Crippen molar-refractivity contribution < 1.29 is 22.4 Å². The van der Waals surface area contributed by atoms with E-state index in [4.69, 9.17) is 5.73 Å². The summed E-state index contributed by atoms with van der Waals surface area (Å²) in [6, 6.07) is 1.93. The quantitative estimate of drug-likeness (QED) is 0.785. The number of halogens is 5. The summed E-state index contributed by atoms with van der Waals surface area (Å²) in [5.41, 5.74) is 3.86. The van der Waals surface area contributed by atoms with E-state index in [1.54, 1.807) is 6.92 Å². The molecular weight excluding hydrogens is 336 g/mol. The molecule has 1 aliphatic rings. The van der Waals surface area contributed by atoms with Gasteiger partial charge in [-0.05, 0) is 38.0 Å². The monoisotopic (exact) mass is 354 g/mol. The molecule has 0 aromatic heterocycles. The Morgan fingerprint density at radius 2 is 2.00 bits per heavy atom. The number of hydrogen-bond donors (Lipinski definition) is 2. The van der Waals surface area contributed by atoms with Crippen molar-refractivity contribution in [2.45, 2.75) is 44.3 Å². The summed E-state index contributed by atoms with van der Waals surface area (Å²) in [6.07, 6.45) is -1.69. The average Bonchev–Trinajstić information content (AvgIpc) is 2.39. The molecule has 2 atom stereocenters. The smallest absolute Gasteiger partial charge is 0.325 e. The summed E-state index contributed by atoms with van der Waals surface area (Å²) in [5.74, 6) is -1.99. The zero-order valence-corrected chi connectivity index (χ0v) is 13.4. The minimum Gasteiger partial charge on any atom is -0.325 e. The molecule has 3 nitrogen and oxygen atoms in total. The molecule has 2 rings (SSSR count). The highest BCUT2D eigenvalue weighted by Crippen LogP contribution is 2.34. The lowest BCUT2D eigenvalue weighted by Gasteiger charge is -2.37. The summed E-state index contributed by atoms with van der Waals surface area (Å²) in [6.45, 7) is 1.74. The van der Waals surface area contributed by atoms with E-state index in [9.17, 15) is 22.4 Å². The van der Waals surface area contributed by atoms with Crippen LogP contribution in [0.3, 0.4) is 0 Å². The van der Waals surface area contributed by atoms with Gasteiger partial charge in [0.1, 0.15) is 5.82 Å². The van der Waals surface area contributed by atoms with Crippen molar-refractivity contribution in [2.24, 2.45) is 11.7 Å². The number of rotatable bonds is 2. The molecule has 8 heteroatoms. The number of amides is 1. The van der Waals surface area contributed by atoms with Gasteiger partial charge in [-0.2, -0.15) is 13.2 Å². The molecule has 23 heavy (non-hydrogen) atoms. The van der Waals surface area contributed by atoms with E-state index in [1.165, 1.54) is 0 Å². The molecule has 0 bridgehead atoms. The fraction of sp³-hybridized carbons (Fsp3) is 0.533. The third-order valence-corrected chi connectivity index (χ3v) is 4.12. The van der Waals surface area contributed by atoms with Gasteiger partial charge in [0.15, 0.2) is 0 Å². The largest absolute Gasteiger partial charge is 0.416 e. The van der Waals surface area contributed by atoms with E-state index in [-0.39, 0.29) is 12.4 Å². The predicted octanol–water partition coefficient (Wildman–Crippen LogP) is 4.11. The van der Waals surface area contributed by atoms with Crippen LogP contribution in [0.4, 0.5) is 23.2 Å². The second-order valence-electron chi connectivity index (χ2n) is 5.99. The number of carbonyl (C=O) groups excluding carboxylic acids is 1. The minimum absolute atomic E-state index is 0. The number of nitrogens with two attached hydrogens (primary N) is 1. The Bertz CT molecular complexity index is 575. The third-order valence-electron chi connectivity index (χ3n) is 4.12. The van der Waals surface area contributed by atoms with Gasteiger partial charge in [-0.25, -0.2) is 4.39 Å². The van der Waals surface area contributed by atoms with E-state index < -0.39 is 40.6 Å². The molecule has 1 fully saturated rings. The van der Waals surface area contributed by atoms with Crippen molar-refractivity contribution >= 4 is 24.0 Å². The zero-order chi connectivity index (χ0) is 16.5. The highest BCUT2D eigenvalue weighted by Gasteiger charge is 2.38. The molecule has 0 radical (unpaired) electrons. The van der Waals surface area contributed by atoms with Crippen molar-refractivity contribution in [2.75, 3.05) is 5.32 Å². The van der Waals surface area contributed by atoms with Crippen LogP contribution >= 0.6 is 12.4 Å². The van der Waals surface area contributed by atoms with Crippen molar-refractivity contribution in [1.82, 2.24) is 0 Å². The molecule has 130 valence electrons. The SMILES string of the molecule is CC1(N)CCCCC1C(=O)Nc1cc(C(F)(F)F)ccc1F.Cl. The maximum absolute atomic E-state index is 13.7. The number of hydrogen-bond acceptors (Lipinski definition) is 2. The molecule has 0 heterocycles. The molecule has 2 unspecified atom stereocenters. The molecule has 1 aromatic rings. The maximum atomic E-state index is 13.7. The van der Waals surface area contributed by atoms with Crippen LogP contribution in [0.2, 0.25) is 0 Å². The Balaban J connectivity index is 0.00000264. The van der Waals surface area contributed by atoms with Gasteiger partial charge >= 0.3 is 6.18 Å². The lowest BCUT2D eigenvalue weighted by molar-refractivity contribution is -0.137. The van der Waals surface area contributed by atoms with E-state index >= 15 is 0 Å². The van der Waals surface area contributed by atoms with Crippen molar-refractivity contribution in [3.63, 3.8) is 0 Å². The van der Waals surface area contributed by atoms with E-state index in [2.05, 4.69) is 5.32 Å². The van der Waals surface area contributed by atoms with Crippen molar-refractivity contribution in [3.8, 4) is 0 Å². The fourth-order valence-corrected chi connectivity index (χ4v) is 2.81. The van der Waals surface area contributed by atoms with Crippen LogP contribution in [0, 0.1) is 11.7 Å². The number of benzene rings is 1. The summed E-state index contributed by atoms with van der Waals surface area (Å²) in [5, 5.41) is 2.25. The van der Waals surface area contributed by atoms with E-state index in [0.717, 1.165) is 12.8 Å². The van der Waals surface area contributed by atoms with Crippen LogP contribution < -0.4 is 11.1 Å². The fourth-order valence-electron chi connectivity index (χ4n) is 2.81. The highest BCUT2D eigenvalue weighted by atomic mass is 35.5. The lowest BCUT2D eigenvalue weighted by Crippen LogP contribution is -2.51. The van der Waals surface area contributed by atoms with Gasteiger partial charge in [0, 0.05) is 5.54 Å². The molecule has 1 amide bonds. The number of carbonyl (C=O) groups is 1. The third kappa shape index (κ3) is 4.57. The van der Waals surface area contributed by atoms with Gasteiger partial charge < -0.3 is 11.1 Å². The summed E-state index contributed by atoms with van der Waals surface area (Å²) >= 11 is 0. The standard InChI is InChI=1S/C15H18F4N2O.ClH/c1-14(20)7-3-2-4-10(14)13(22)21-12-8-9(15(17,18)19)5-6-11(12)16;/h5-6,8,10H,2-4,7,20H2,1H3,(H,21,22);1H. The van der Waals surface area contributed by atoms with E-state index in [1.807, 2.05) is 0 Å². The summed E-state index contributed by atoms with van der Waals surface area (Å²) < 4.78 is 51.6. The van der Waals surface area contributed by atoms with Crippen LogP contribution in [0.5, 0.6) is 0 Å². The second-order valence-corrected chi connectivity index (χ2v) is 5.99. The first-order valence-electron chi connectivity index (χ1n) is 7.08. The molecule has 1 aromatic carbocycles. The predicted molar refractivity (Wildman–Crippen MR) is 81.8 cm³/mol. The second kappa shape index (κ2) is 7.05. The molecular formula is C15H19ClF4N2O. The number of nitrogens with one attached hydrogen (secondary N) is 1. The van der Waals surface area contributed by atoms with E-state index in [0.29, 0.717) is 31.0 Å². The summed E-state index contributed by atoms with van der Waals surface area (Å²) in [7, 11) is 0. The average molecular weight is 355 g/mol. The van der Waals surface area contributed by atoms with Crippen LogP contribution in [0.15, 0.2) is 18.2 Å². The van der Waals surface area contributed by atoms with Gasteiger partial charge in [-0.3, -0.25) is 4.79 Å². The molecule has 1 saturated carbocycles. The molecule has 0 saturated heterocycles. The Hall–Kier alpha value is -1.34. The van der Waals surface area contributed by atoms with Gasteiger partial charge in [-0.15, -0.1) is 12.4 Å². The van der Waals surface area contributed by atoms with Crippen molar-refractivity contribution in [3.05, 3.63) is 29.6 Å². The first-order valence-corrected chi connectivity index (χ1v) is 7.08. The Morgan fingerprint density at radius 1 is 1.35 bits per heavy atom. The maximum Gasteiger partial charge on any atom is 0.416 e. The van der Waals surface area contributed by atoms with Crippen LogP contribution in [-0.2, 0) is 11.0 Å². The summed E-state index contributed by atoms with van der Waals surface area (Å²) in [4.78, 5) is 12.3. The Morgan fingerprint density at radius 3 is 2.57 bits per heavy atom. The Labute approximate surface area is 138 Å². The zero-order valence-electron chi connectivity index (χ0n) is 12.5. The minimum atomic E-state index is -4.60. The van der Waals surface area contributed by atoms with Gasteiger partial charge in [0.2, 0.25) is 5.91 Å². The van der Waals surface area contributed by atoms with Crippen molar-refractivity contribution in [1.29, 1.82) is 0 Å². The van der Waals surface area contributed by atoms with Gasteiger partial charge in [-0.1, -0.05) is 12.8 Å².